The van der Waals surface area contributed by atoms with Crippen molar-refractivity contribution in [1.82, 2.24) is 10.3 Å². The van der Waals surface area contributed by atoms with Gasteiger partial charge in [-0.1, -0.05) is 12.1 Å². The maximum Gasteiger partial charge on any atom is 0.312 e. The Bertz CT molecular complexity index is 284. The molecule has 0 bridgehead atoms. The summed E-state index contributed by atoms with van der Waals surface area (Å²) >= 11 is 0. The Hall–Kier alpha value is -1.59. The van der Waals surface area contributed by atoms with Crippen LogP contribution >= 0.6 is 0 Å². The van der Waals surface area contributed by atoms with E-state index in [1.54, 1.807) is 0 Å². The van der Waals surface area contributed by atoms with Crippen LogP contribution in [-0.4, -0.2) is 22.9 Å². The molecule has 2 N–H and O–H groups in total. The first kappa shape index (κ1) is 9.50. The van der Waals surface area contributed by atoms with Gasteiger partial charge in [-0.05, 0) is 11.6 Å². The Morgan fingerprint density at radius 1 is 1.62 bits per heavy atom. The van der Waals surface area contributed by atoms with Gasteiger partial charge in [0, 0.05) is 0 Å². The standard InChI is InChI=1S/C7H11N3O3/c1-2-3-12-6(11)4-5-7(8)10-13-9-5/h2-4H2,1H3,(H2,8,10). The highest BCUT2D eigenvalue weighted by Crippen LogP contribution is 2.05. The van der Waals surface area contributed by atoms with Crippen molar-refractivity contribution in [3.05, 3.63) is 5.69 Å². The molecule has 0 aliphatic rings. The van der Waals surface area contributed by atoms with E-state index in [1.807, 2.05) is 6.92 Å². The normalized spacial score (nSPS) is 9.92. The van der Waals surface area contributed by atoms with Gasteiger partial charge in [-0.3, -0.25) is 4.79 Å². The molecule has 0 aromatic carbocycles. The van der Waals surface area contributed by atoms with Gasteiger partial charge in [0.05, 0.1) is 13.0 Å². The molecule has 72 valence electrons. The van der Waals surface area contributed by atoms with Crippen molar-refractivity contribution in [2.45, 2.75) is 19.8 Å². The number of rotatable bonds is 4. The van der Waals surface area contributed by atoms with E-state index >= 15 is 0 Å². The van der Waals surface area contributed by atoms with Crippen molar-refractivity contribution in [2.75, 3.05) is 12.3 Å². The third kappa shape index (κ3) is 2.73. The summed E-state index contributed by atoms with van der Waals surface area (Å²) in [6.07, 6.45) is 0.799. The van der Waals surface area contributed by atoms with E-state index in [9.17, 15) is 4.79 Å². The largest absolute Gasteiger partial charge is 0.465 e. The first-order valence-corrected chi connectivity index (χ1v) is 3.96. The van der Waals surface area contributed by atoms with Gasteiger partial charge < -0.3 is 10.5 Å². The predicted molar refractivity (Wildman–Crippen MR) is 43.7 cm³/mol. The fourth-order valence-corrected chi connectivity index (χ4v) is 0.740. The number of nitrogens with two attached hydrogens (primary N) is 1. The highest BCUT2D eigenvalue weighted by Gasteiger charge is 2.12. The Balaban J connectivity index is 2.41. The lowest BCUT2D eigenvalue weighted by Gasteiger charge is -1.99. The molecule has 0 fully saturated rings. The molecule has 1 heterocycles. The van der Waals surface area contributed by atoms with E-state index in [-0.39, 0.29) is 18.2 Å². The predicted octanol–water partition coefficient (Wildman–Crippen LogP) is 0.148. The van der Waals surface area contributed by atoms with Gasteiger partial charge in [0.1, 0.15) is 5.69 Å². The highest BCUT2D eigenvalue weighted by atomic mass is 16.6. The summed E-state index contributed by atoms with van der Waals surface area (Å²) in [5.74, 6) is -0.238. The number of nitrogens with zero attached hydrogens (tertiary/aromatic N) is 2. The van der Waals surface area contributed by atoms with Crippen molar-refractivity contribution in [1.29, 1.82) is 0 Å². The number of hydrogen-bond acceptors (Lipinski definition) is 6. The molecule has 0 aliphatic carbocycles. The van der Waals surface area contributed by atoms with Gasteiger partial charge in [-0.15, -0.1) is 0 Å². The Kier molecular flexibility index (Phi) is 3.24. The van der Waals surface area contributed by atoms with E-state index in [1.165, 1.54) is 0 Å². The minimum atomic E-state index is -0.371. The van der Waals surface area contributed by atoms with Crippen LogP contribution < -0.4 is 5.73 Å². The monoisotopic (exact) mass is 185 g/mol. The molecule has 1 aromatic rings. The molecular weight excluding hydrogens is 174 g/mol. The molecule has 0 amide bonds. The average molecular weight is 185 g/mol. The summed E-state index contributed by atoms with van der Waals surface area (Å²) in [4.78, 5) is 11.0. The van der Waals surface area contributed by atoms with Crippen molar-refractivity contribution < 1.29 is 14.2 Å². The zero-order valence-electron chi connectivity index (χ0n) is 7.32. The maximum absolute atomic E-state index is 11.0. The molecule has 0 saturated carbocycles. The number of aromatic nitrogens is 2. The van der Waals surface area contributed by atoms with Crippen molar-refractivity contribution >= 4 is 11.8 Å². The lowest BCUT2D eigenvalue weighted by atomic mass is 10.3. The molecule has 0 aliphatic heterocycles. The van der Waals surface area contributed by atoms with Crippen LogP contribution in [0, 0.1) is 0 Å². The highest BCUT2D eigenvalue weighted by molar-refractivity contribution is 5.73. The van der Waals surface area contributed by atoms with Gasteiger partial charge in [-0.2, -0.15) is 0 Å². The van der Waals surface area contributed by atoms with E-state index in [0.29, 0.717) is 12.3 Å². The summed E-state index contributed by atoms with van der Waals surface area (Å²) in [5, 5.41) is 6.79. The lowest BCUT2D eigenvalue weighted by Crippen LogP contribution is -2.10. The molecule has 0 atom stereocenters. The van der Waals surface area contributed by atoms with E-state index in [0.717, 1.165) is 6.42 Å². The smallest absolute Gasteiger partial charge is 0.312 e. The van der Waals surface area contributed by atoms with E-state index in [4.69, 9.17) is 10.5 Å². The first-order valence-electron chi connectivity index (χ1n) is 3.96. The zero-order chi connectivity index (χ0) is 9.68. The van der Waals surface area contributed by atoms with Crippen molar-refractivity contribution in [2.24, 2.45) is 0 Å². The van der Waals surface area contributed by atoms with Crippen LogP contribution in [0.5, 0.6) is 0 Å². The van der Waals surface area contributed by atoms with Crippen molar-refractivity contribution in [3.8, 4) is 0 Å². The van der Waals surface area contributed by atoms with Gasteiger partial charge in [-0.25, -0.2) is 4.63 Å². The van der Waals surface area contributed by atoms with Crippen LogP contribution in [0.4, 0.5) is 5.82 Å². The third-order valence-corrected chi connectivity index (χ3v) is 1.36. The molecule has 6 nitrogen and oxygen atoms in total. The van der Waals surface area contributed by atoms with Crippen LogP contribution in [0.25, 0.3) is 0 Å². The Morgan fingerprint density at radius 2 is 2.38 bits per heavy atom. The summed E-state index contributed by atoms with van der Waals surface area (Å²) in [6, 6.07) is 0. The molecule has 6 heteroatoms. The summed E-state index contributed by atoms with van der Waals surface area (Å²) in [6.45, 7) is 2.32. The summed E-state index contributed by atoms with van der Waals surface area (Å²) in [7, 11) is 0. The van der Waals surface area contributed by atoms with Crippen molar-refractivity contribution in [3.63, 3.8) is 0 Å². The van der Waals surface area contributed by atoms with Crippen LogP contribution in [0.2, 0.25) is 0 Å². The third-order valence-electron chi connectivity index (χ3n) is 1.36. The molecule has 0 unspecified atom stereocenters. The van der Waals surface area contributed by atoms with E-state index < -0.39 is 0 Å². The van der Waals surface area contributed by atoms with Gasteiger partial charge in [0.15, 0.2) is 5.82 Å². The molecule has 0 saturated heterocycles. The zero-order valence-corrected chi connectivity index (χ0v) is 7.32. The molecule has 1 aromatic heterocycles. The number of anilines is 1. The average Bonchev–Trinajstić information content (AvgIpc) is 2.48. The van der Waals surface area contributed by atoms with Crippen LogP contribution in [0.1, 0.15) is 19.0 Å². The number of carbonyl (C=O) groups excluding carboxylic acids is 1. The molecule has 1 rings (SSSR count). The van der Waals surface area contributed by atoms with Gasteiger partial charge in [0.2, 0.25) is 0 Å². The number of ether oxygens (including phenoxy) is 1. The number of hydrogen-bond donors (Lipinski definition) is 1. The second-order valence-electron chi connectivity index (χ2n) is 2.49. The maximum atomic E-state index is 11.0. The van der Waals surface area contributed by atoms with Gasteiger partial charge >= 0.3 is 5.97 Å². The second kappa shape index (κ2) is 4.44. The molecular formula is C7H11N3O3. The van der Waals surface area contributed by atoms with Gasteiger partial charge in [0.25, 0.3) is 0 Å². The van der Waals surface area contributed by atoms with E-state index in [2.05, 4.69) is 14.9 Å². The lowest BCUT2D eigenvalue weighted by molar-refractivity contribution is -0.142. The topological polar surface area (TPSA) is 91.2 Å². The molecule has 0 spiro atoms. The molecule has 0 radical (unpaired) electrons. The Labute approximate surface area is 75.0 Å². The number of carbonyl (C=O) groups is 1. The SMILES string of the molecule is CCCOC(=O)Cc1nonc1N. The second-order valence-corrected chi connectivity index (χ2v) is 2.49. The molecule has 13 heavy (non-hydrogen) atoms. The quantitative estimate of drug-likeness (QED) is 0.671. The fraction of sp³-hybridized carbons (Fsp3) is 0.571. The number of esters is 1. The number of nitrogen functional groups attached to an aromatic ring is 1. The minimum absolute atomic E-state index is 0.00926. The minimum Gasteiger partial charge on any atom is -0.465 e. The van der Waals surface area contributed by atoms with Crippen LogP contribution in [0.15, 0.2) is 4.63 Å². The Morgan fingerprint density at radius 3 is 2.92 bits per heavy atom. The summed E-state index contributed by atoms with van der Waals surface area (Å²) in [5.41, 5.74) is 5.66. The summed E-state index contributed by atoms with van der Waals surface area (Å²) < 4.78 is 9.13. The van der Waals surface area contributed by atoms with Crippen LogP contribution in [0.3, 0.4) is 0 Å². The fourth-order valence-electron chi connectivity index (χ4n) is 0.740. The van der Waals surface area contributed by atoms with Crippen LogP contribution in [-0.2, 0) is 16.0 Å². The first-order chi connectivity index (χ1) is 6.24.